The van der Waals surface area contributed by atoms with E-state index in [1.165, 1.54) is 11.1 Å². The second-order valence-corrected chi connectivity index (χ2v) is 9.26. The van der Waals surface area contributed by atoms with Crippen molar-refractivity contribution in [1.82, 2.24) is 19.3 Å². The van der Waals surface area contributed by atoms with E-state index in [-0.39, 0.29) is 0 Å². The molecular weight excluding hydrogens is 364 g/mol. The van der Waals surface area contributed by atoms with E-state index < -0.39 is 10.0 Å². The van der Waals surface area contributed by atoms with E-state index in [0.29, 0.717) is 43.5 Å². The molecule has 0 radical (unpaired) electrons. The highest BCUT2D eigenvalue weighted by atomic mass is 32.2. The average Bonchev–Trinajstić information content (AvgIpc) is 3.31. The highest BCUT2D eigenvalue weighted by Gasteiger charge is 2.29. The van der Waals surface area contributed by atoms with E-state index >= 15 is 0 Å². The predicted octanol–water partition coefficient (Wildman–Crippen LogP) is 2.02. The van der Waals surface area contributed by atoms with Crippen molar-refractivity contribution in [3.8, 4) is 0 Å². The van der Waals surface area contributed by atoms with Crippen LogP contribution in [0.1, 0.15) is 42.6 Å². The van der Waals surface area contributed by atoms with Crippen LogP contribution in [-0.2, 0) is 35.8 Å². The van der Waals surface area contributed by atoms with Crippen LogP contribution >= 0.6 is 0 Å². The van der Waals surface area contributed by atoms with Gasteiger partial charge >= 0.3 is 0 Å². The van der Waals surface area contributed by atoms with E-state index in [2.05, 4.69) is 22.0 Å². The standard InChI is InChI=1S/C19H26N4O3S/c1-2-4-18-20-19(26-21-18)14-22-9-11-23(12-10-22)27(24,25)17-8-7-15-5-3-6-16(15)13-17/h7-8,13H,2-6,9-12,14H2,1H3. The second kappa shape index (κ2) is 7.69. The average molecular weight is 391 g/mol. The zero-order chi connectivity index (χ0) is 18.9. The lowest BCUT2D eigenvalue weighted by Crippen LogP contribution is -2.48. The number of piperazine rings is 1. The summed E-state index contributed by atoms with van der Waals surface area (Å²) in [4.78, 5) is 6.98. The molecule has 4 rings (SSSR count). The molecule has 2 heterocycles. The van der Waals surface area contributed by atoms with Gasteiger partial charge in [-0.3, -0.25) is 4.90 Å². The van der Waals surface area contributed by atoms with E-state index in [0.717, 1.165) is 37.9 Å². The smallest absolute Gasteiger partial charge is 0.243 e. The molecule has 1 aliphatic heterocycles. The fraction of sp³-hybridized carbons (Fsp3) is 0.579. The van der Waals surface area contributed by atoms with Crippen LogP contribution in [0.25, 0.3) is 0 Å². The Morgan fingerprint density at radius 1 is 1.11 bits per heavy atom. The number of benzene rings is 1. The van der Waals surface area contributed by atoms with Crippen LogP contribution < -0.4 is 0 Å². The summed E-state index contributed by atoms with van der Waals surface area (Å²) in [6, 6.07) is 5.62. The molecule has 1 fully saturated rings. The summed E-state index contributed by atoms with van der Waals surface area (Å²) in [5, 5.41) is 3.97. The molecule has 7 nitrogen and oxygen atoms in total. The van der Waals surface area contributed by atoms with Gasteiger partial charge in [-0.2, -0.15) is 9.29 Å². The molecule has 146 valence electrons. The summed E-state index contributed by atoms with van der Waals surface area (Å²) < 4.78 is 32.9. The fourth-order valence-electron chi connectivity index (χ4n) is 3.86. The molecule has 0 saturated carbocycles. The maximum absolute atomic E-state index is 13.0. The molecule has 1 aliphatic carbocycles. The lowest BCUT2D eigenvalue weighted by Gasteiger charge is -2.33. The van der Waals surface area contributed by atoms with Crippen molar-refractivity contribution in [2.24, 2.45) is 0 Å². The topological polar surface area (TPSA) is 79.5 Å². The molecule has 2 aromatic rings. The fourth-order valence-corrected chi connectivity index (χ4v) is 5.33. The number of aryl methyl sites for hydroxylation is 3. The lowest BCUT2D eigenvalue weighted by molar-refractivity contribution is 0.163. The van der Waals surface area contributed by atoms with Gasteiger partial charge in [0.25, 0.3) is 0 Å². The lowest BCUT2D eigenvalue weighted by atomic mass is 10.1. The molecule has 0 unspecified atom stereocenters. The van der Waals surface area contributed by atoms with E-state index in [1.807, 2.05) is 12.1 Å². The first-order chi connectivity index (χ1) is 13.1. The van der Waals surface area contributed by atoms with Crippen molar-refractivity contribution >= 4 is 10.0 Å². The first kappa shape index (κ1) is 18.6. The van der Waals surface area contributed by atoms with Gasteiger partial charge in [0, 0.05) is 32.6 Å². The second-order valence-electron chi connectivity index (χ2n) is 7.32. The van der Waals surface area contributed by atoms with Crippen LogP contribution in [0.2, 0.25) is 0 Å². The Morgan fingerprint density at radius 3 is 2.67 bits per heavy atom. The number of sulfonamides is 1. The molecule has 1 aromatic carbocycles. The third-order valence-corrected chi connectivity index (χ3v) is 7.28. The number of rotatable bonds is 6. The van der Waals surface area contributed by atoms with Crippen molar-refractivity contribution in [1.29, 1.82) is 0 Å². The van der Waals surface area contributed by atoms with Crippen LogP contribution in [0.3, 0.4) is 0 Å². The number of aromatic nitrogens is 2. The summed E-state index contributed by atoms with van der Waals surface area (Å²) in [5.41, 5.74) is 2.48. The van der Waals surface area contributed by atoms with E-state index in [1.54, 1.807) is 10.4 Å². The minimum atomic E-state index is -3.43. The minimum absolute atomic E-state index is 0.428. The molecule has 0 amide bonds. The maximum atomic E-state index is 13.0. The van der Waals surface area contributed by atoms with Crippen LogP contribution in [-0.4, -0.2) is 53.9 Å². The van der Waals surface area contributed by atoms with Crippen LogP contribution in [0.4, 0.5) is 0 Å². The van der Waals surface area contributed by atoms with Gasteiger partial charge in [-0.15, -0.1) is 0 Å². The van der Waals surface area contributed by atoms with Gasteiger partial charge < -0.3 is 4.52 Å². The molecule has 0 atom stereocenters. The third-order valence-electron chi connectivity index (χ3n) is 5.38. The molecule has 2 aliphatic rings. The Kier molecular flexibility index (Phi) is 5.29. The molecule has 0 N–H and O–H groups in total. The Hall–Kier alpha value is -1.77. The van der Waals surface area contributed by atoms with Gasteiger partial charge in [0.15, 0.2) is 5.82 Å². The van der Waals surface area contributed by atoms with Gasteiger partial charge in [-0.05, 0) is 48.9 Å². The van der Waals surface area contributed by atoms with Gasteiger partial charge in [0.05, 0.1) is 11.4 Å². The van der Waals surface area contributed by atoms with Gasteiger partial charge in [0.1, 0.15) is 0 Å². The summed E-state index contributed by atoms with van der Waals surface area (Å²) in [6.45, 7) is 4.94. The summed E-state index contributed by atoms with van der Waals surface area (Å²) in [6.07, 6.45) is 4.96. The largest absolute Gasteiger partial charge is 0.338 e. The molecule has 1 aromatic heterocycles. The van der Waals surface area contributed by atoms with Crippen LogP contribution in [0, 0.1) is 0 Å². The minimum Gasteiger partial charge on any atom is -0.338 e. The van der Waals surface area contributed by atoms with E-state index in [9.17, 15) is 8.42 Å². The van der Waals surface area contributed by atoms with Gasteiger partial charge in [0.2, 0.25) is 15.9 Å². The SMILES string of the molecule is CCCc1noc(CN2CCN(S(=O)(=O)c3ccc4c(c3)CCC4)CC2)n1. The molecule has 27 heavy (non-hydrogen) atoms. The number of fused-ring (bicyclic) bond motifs is 1. The number of hydrogen-bond acceptors (Lipinski definition) is 6. The molecule has 0 bridgehead atoms. The Balaban J connectivity index is 1.38. The highest BCUT2D eigenvalue weighted by molar-refractivity contribution is 7.89. The van der Waals surface area contributed by atoms with Crippen molar-refractivity contribution < 1.29 is 12.9 Å². The zero-order valence-electron chi connectivity index (χ0n) is 15.7. The summed E-state index contributed by atoms with van der Waals surface area (Å²) in [7, 11) is -3.43. The first-order valence-corrected chi connectivity index (χ1v) is 11.2. The van der Waals surface area contributed by atoms with Gasteiger partial charge in [-0.1, -0.05) is 18.1 Å². The summed E-state index contributed by atoms with van der Waals surface area (Å²) >= 11 is 0. The first-order valence-electron chi connectivity index (χ1n) is 9.72. The molecule has 8 heteroatoms. The Morgan fingerprint density at radius 2 is 1.89 bits per heavy atom. The number of hydrogen-bond donors (Lipinski definition) is 0. The normalized spacial score (nSPS) is 18.7. The van der Waals surface area contributed by atoms with Crippen molar-refractivity contribution in [2.45, 2.75) is 50.5 Å². The van der Waals surface area contributed by atoms with E-state index in [4.69, 9.17) is 4.52 Å². The zero-order valence-corrected chi connectivity index (χ0v) is 16.5. The van der Waals surface area contributed by atoms with Crippen LogP contribution in [0.15, 0.2) is 27.6 Å². The summed E-state index contributed by atoms with van der Waals surface area (Å²) in [5.74, 6) is 1.35. The third kappa shape index (κ3) is 3.93. The van der Waals surface area contributed by atoms with Gasteiger partial charge in [-0.25, -0.2) is 8.42 Å². The molecule has 0 spiro atoms. The number of nitrogens with zero attached hydrogens (tertiary/aromatic N) is 4. The molecule has 1 saturated heterocycles. The Bertz CT molecular complexity index is 901. The van der Waals surface area contributed by atoms with Crippen molar-refractivity contribution in [3.05, 3.63) is 41.0 Å². The van der Waals surface area contributed by atoms with Crippen molar-refractivity contribution in [3.63, 3.8) is 0 Å². The monoisotopic (exact) mass is 390 g/mol. The highest BCUT2D eigenvalue weighted by Crippen LogP contribution is 2.26. The maximum Gasteiger partial charge on any atom is 0.243 e. The van der Waals surface area contributed by atoms with Crippen LogP contribution in [0.5, 0.6) is 0 Å². The molecular formula is C19H26N4O3S. The predicted molar refractivity (Wildman–Crippen MR) is 101 cm³/mol. The Labute approximate surface area is 160 Å². The van der Waals surface area contributed by atoms with Crippen molar-refractivity contribution in [2.75, 3.05) is 26.2 Å². The quantitative estimate of drug-likeness (QED) is 0.751.